The second-order valence-electron chi connectivity index (χ2n) is 5.51. The number of nitrogens with two attached hydrogens (primary N) is 1. The van der Waals surface area contributed by atoms with Crippen molar-refractivity contribution in [3.63, 3.8) is 0 Å². The highest BCUT2D eigenvalue weighted by Gasteiger charge is 2.14. The average Bonchev–Trinajstić information content (AvgIpc) is 2.52. The molecule has 1 aliphatic heterocycles. The molecular weight excluding hydrogens is 371 g/mol. The Morgan fingerprint density at radius 2 is 1.75 bits per heavy atom. The first kappa shape index (κ1) is 25.5. The molecule has 8 heteroatoms. The molecule has 24 heavy (non-hydrogen) atoms. The molecule has 0 aromatic heterocycles. The van der Waals surface area contributed by atoms with Gasteiger partial charge in [-0.3, -0.25) is 4.79 Å². The van der Waals surface area contributed by atoms with E-state index in [0.29, 0.717) is 17.8 Å². The zero-order valence-corrected chi connectivity index (χ0v) is 16.5. The summed E-state index contributed by atoms with van der Waals surface area (Å²) >= 11 is 0. The molecule has 0 aliphatic carbocycles. The van der Waals surface area contributed by atoms with E-state index in [1.165, 1.54) is 0 Å². The van der Waals surface area contributed by atoms with Gasteiger partial charge in [-0.1, -0.05) is 13.0 Å². The predicted molar refractivity (Wildman–Crippen MR) is 108 cm³/mol. The van der Waals surface area contributed by atoms with Gasteiger partial charge in [0.25, 0.3) is 5.91 Å². The van der Waals surface area contributed by atoms with Crippen LogP contribution in [0, 0.1) is 0 Å². The van der Waals surface area contributed by atoms with Gasteiger partial charge in [0.1, 0.15) is 0 Å². The molecule has 0 atom stereocenters. The number of halogens is 3. The molecule has 0 unspecified atom stereocenters. The maximum atomic E-state index is 11.9. The third kappa shape index (κ3) is 8.40. The first-order valence-electron chi connectivity index (χ1n) is 7.77. The largest absolute Gasteiger partial charge is 0.399 e. The highest BCUT2D eigenvalue weighted by molar-refractivity contribution is 5.94. The molecule has 0 bridgehead atoms. The summed E-state index contributed by atoms with van der Waals surface area (Å²) in [6.07, 6.45) is 0.986. The molecule has 1 saturated heterocycles. The van der Waals surface area contributed by atoms with Crippen LogP contribution in [0.1, 0.15) is 23.7 Å². The molecule has 1 fully saturated rings. The molecule has 1 aromatic rings. The van der Waals surface area contributed by atoms with Crippen molar-refractivity contribution in [2.75, 3.05) is 51.5 Å². The summed E-state index contributed by atoms with van der Waals surface area (Å²) in [7, 11) is 0. The standard InChI is InChI=1S/C16H26N4O.3ClH/c1-2-19-9-11-20(12-10-19)8-4-7-18-16(21)14-5-3-6-15(17)13-14;;;/h3,5-6,13H,2,4,7-12,17H2,1H3,(H,18,21);3*1H. The summed E-state index contributed by atoms with van der Waals surface area (Å²) in [5.74, 6) is -0.0434. The molecule has 0 saturated carbocycles. The molecule has 1 heterocycles. The van der Waals surface area contributed by atoms with Gasteiger partial charge in [0.2, 0.25) is 0 Å². The van der Waals surface area contributed by atoms with Crippen LogP contribution in [0.4, 0.5) is 5.69 Å². The van der Waals surface area contributed by atoms with E-state index in [1.807, 2.05) is 0 Å². The van der Waals surface area contributed by atoms with Crippen LogP contribution in [0.25, 0.3) is 0 Å². The number of rotatable bonds is 6. The summed E-state index contributed by atoms with van der Waals surface area (Å²) in [5, 5.41) is 2.95. The lowest BCUT2D eigenvalue weighted by atomic mass is 10.2. The van der Waals surface area contributed by atoms with E-state index in [-0.39, 0.29) is 43.1 Å². The number of hydrogen-bond acceptors (Lipinski definition) is 4. The number of hydrogen-bond donors (Lipinski definition) is 2. The quantitative estimate of drug-likeness (QED) is 0.569. The van der Waals surface area contributed by atoms with Gasteiger partial charge < -0.3 is 20.9 Å². The molecule has 5 nitrogen and oxygen atoms in total. The van der Waals surface area contributed by atoms with Crippen molar-refractivity contribution in [2.45, 2.75) is 13.3 Å². The second kappa shape index (κ2) is 13.6. The number of nitrogens with zero attached hydrogens (tertiary/aromatic N) is 2. The van der Waals surface area contributed by atoms with Gasteiger partial charge >= 0.3 is 0 Å². The minimum atomic E-state index is -0.0434. The number of carbonyl (C=O) groups is 1. The second-order valence-corrected chi connectivity index (χ2v) is 5.51. The Kier molecular flexibility index (Phi) is 14.4. The molecular formula is C16H29Cl3N4O. The number of nitrogen functional groups attached to an aromatic ring is 1. The van der Waals surface area contributed by atoms with Gasteiger partial charge in [0.15, 0.2) is 0 Å². The Bertz CT molecular complexity index is 468. The zero-order chi connectivity index (χ0) is 15.1. The van der Waals surface area contributed by atoms with Crippen LogP contribution in [0.3, 0.4) is 0 Å². The molecule has 2 rings (SSSR count). The van der Waals surface area contributed by atoms with Crippen LogP contribution in [-0.2, 0) is 0 Å². The third-order valence-corrected chi connectivity index (χ3v) is 4.00. The first-order chi connectivity index (χ1) is 10.2. The number of likely N-dealkylation sites (N-methyl/N-ethyl adjacent to an activating group) is 1. The van der Waals surface area contributed by atoms with E-state index in [1.54, 1.807) is 24.3 Å². The predicted octanol–water partition coefficient (Wildman–Crippen LogP) is 2.29. The minimum absolute atomic E-state index is 0. The summed E-state index contributed by atoms with van der Waals surface area (Å²) in [6.45, 7) is 9.70. The summed E-state index contributed by atoms with van der Waals surface area (Å²) in [6, 6.07) is 7.08. The van der Waals surface area contributed by atoms with Crippen LogP contribution in [0.2, 0.25) is 0 Å². The van der Waals surface area contributed by atoms with E-state index in [9.17, 15) is 4.79 Å². The lowest BCUT2D eigenvalue weighted by Crippen LogP contribution is -2.46. The smallest absolute Gasteiger partial charge is 0.251 e. The van der Waals surface area contributed by atoms with Crippen molar-refractivity contribution < 1.29 is 4.79 Å². The van der Waals surface area contributed by atoms with E-state index in [0.717, 1.165) is 45.7 Å². The number of anilines is 1. The average molecular weight is 400 g/mol. The lowest BCUT2D eigenvalue weighted by molar-refractivity contribution is 0.0948. The summed E-state index contributed by atoms with van der Waals surface area (Å²) in [4.78, 5) is 16.9. The SMILES string of the molecule is CCN1CCN(CCCNC(=O)c2cccc(N)c2)CC1.Cl.Cl.Cl. The molecule has 1 amide bonds. The van der Waals surface area contributed by atoms with E-state index < -0.39 is 0 Å². The summed E-state index contributed by atoms with van der Waals surface area (Å²) in [5.41, 5.74) is 6.93. The molecule has 0 spiro atoms. The number of carbonyl (C=O) groups excluding carboxylic acids is 1. The van der Waals surface area contributed by atoms with Gasteiger partial charge in [-0.05, 0) is 37.7 Å². The van der Waals surface area contributed by atoms with Gasteiger partial charge in [-0.25, -0.2) is 0 Å². The molecule has 1 aromatic carbocycles. The van der Waals surface area contributed by atoms with E-state index in [2.05, 4.69) is 22.0 Å². The zero-order valence-electron chi connectivity index (χ0n) is 14.1. The van der Waals surface area contributed by atoms with Crippen molar-refractivity contribution in [3.8, 4) is 0 Å². The topological polar surface area (TPSA) is 61.6 Å². The van der Waals surface area contributed by atoms with E-state index in [4.69, 9.17) is 5.73 Å². The van der Waals surface area contributed by atoms with Crippen LogP contribution in [-0.4, -0.2) is 61.5 Å². The number of piperazine rings is 1. The number of nitrogens with one attached hydrogen (secondary N) is 1. The van der Waals surface area contributed by atoms with E-state index >= 15 is 0 Å². The van der Waals surface area contributed by atoms with Crippen molar-refractivity contribution >= 4 is 48.8 Å². The fourth-order valence-electron chi connectivity index (χ4n) is 2.62. The van der Waals surface area contributed by atoms with Gasteiger partial charge in [-0.15, -0.1) is 37.2 Å². The van der Waals surface area contributed by atoms with Gasteiger partial charge in [0.05, 0.1) is 0 Å². The molecule has 0 radical (unpaired) electrons. The normalized spacial score (nSPS) is 14.7. The van der Waals surface area contributed by atoms with Crippen LogP contribution in [0.15, 0.2) is 24.3 Å². The van der Waals surface area contributed by atoms with Crippen molar-refractivity contribution in [3.05, 3.63) is 29.8 Å². The summed E-state index contributed by atoms with van der Waals surface area (Å²) < 4.78 is 0. The van der Waals surface area contributed by atoms with Crippen molar-refractivity contribution in [1.82, 2.24) is 15.1 Å². The first-order valence-corrected chi connectivity index (χ1v) is 7.77. The maximum absolute atomic E-state index is 11.9. The molecule has 140 valence electrons. The highest BCUT2D eigenvalue weighted by Crippen LogP contribution is 2.06. The van der Waals surface area contributed by atoms with Crippen LogP contribution >= 0.6 is 37.2 Å². The monoisotopic (exact) mass is 398 g/mol. The van der Waals surface area contributed by atoms with Crippen LogP contribution < -0.4 is 11.1 Å². The van der Waals surface area contributed by atoms with Gasteiger partial charge in [-0.2, -0.15) is 0 Å². The Morgan fingerprint density at radius 3 is 2.33 bits per heavy atom. The maximum Gasteiger partial charge on any atom is 0.251 e. The fourth-order valence-corrected chi connectivity index (χ4v) is 2.62. The Balaban J connectivity index is 0. The van der Waals surface area contributed by atoms with Crippen molar-refractivity contribution in [1.29, 1.82) is 0 Å². The minimum Gasteiger partial charge on any atom is -0.399 e. The Morgan fingerprint density at radius 1 is 1.12 bits per heavy atom. The third-order valence-electron chi connectivity index (χ3n) is 4.00. The van der Waals surface area contributed by atoms with Crippen LogP contribution in [0.5, 0.6) is 0 Å². The highest BCUT2D eigenvalue weighted by atomic mass is 35.5. The Labute approximate surface area is 163 Å². The van der Waals surface area contributed by atoms with Gasteiger partial charge in [0, 0.05) is 44.0 Å². The molecule has 1 aliphatic rings. The Hall–Kier alpha value is -0.720. The number of benzene rings is 1. The van der Waals surface area contributed by atoms with Crippen molar-refractivity contribution in [2.24, 2.45) is 0 Å². The fraction of sp³-hybridized carbons (Fsp3) is 0.562. The molecule has 3 N–H and O–H groups in total. The lowest BCUT2D eigenvalue weighted by Gasteiger charge is -2.33. The number of amides is 1.